The summed E-state index contributed by atoms with van der Waals surface area (Å²) in [5.41, 5.74) is 5.24. The summed E-state index contributed by atoms with van der Waals surface area (Å²) in [7, 11) is 2.09. The molecule has 0 radical (unpaired) electrons. The highest BCUT2D eigenvalue weighted by molar-refractivity contribution is 5.60. The van der Waals surface area contributed by atoms with E-state index in [1.807, 2.05) is 0 Å². The molecule has 0 saturated heterocycles. The Morgan fingerprint density at radius 1 is 0.900 bits per heavy atom. The monoisotopic (exact) mass is 264 g/mol. The van der Waals surface area contributed by atoms with E-state index in [1.54, 1.807) is 0 Å². The maximum Gasteiger partial charge on any atom is 0.0438 e. The number of hydrogen-bond acceptors (Lipinski definition) is 2. The van der Waals surface area contributed by atoms with Gasteiger partial charge in [0.1, 0.15) is 0 Å². The summed E-state index contributed by atoms with van der Waals surface area (Å²) in [5.74, 6) is 0. The van der Waals surface area contributed by atoms with Crippen LogP contribution in [-0.2, 0) is 0 Å². The van der Waals surface area contributed by atoms with Crippen molar-refractivity contribution in [3.63, 3.8) is 0 Å². The van der Waals surface area contributed by atoms with E-state index in [0.717, 1.165) is 13.1 Å². The average Bonchev–Trinajstić information content (AvgIpc) is 2.49. The molecule has 2 heterocycles. The molecule has 3 rings (SSSR count). The van der Waals surface area contributed by atoms with Gasteiger partial charge in [0.2, 0.25) is 0 Å². The normalized spacial score (nSPS) is 18.1. The maximum atomic E-state index is 2.30. The number of likely N-dealkylation sites (N-methyl/N-ethyl adjacent to an activating group) is 1. The highest BCUT2D eigenvalue weighted by atomic mass is 15.1. The van der Waals surface area contributed by atoms with Gasteiger partial charge in [-0.2, -0.15) is 0 Å². The number of hydrogen-bond donors (Lipinski definition) is 0. The van der Waals surface area contributed by atoms with Crippen LogP contribution in [0, 0.1) is 6.92 Å². The number of para-hydroxylation sites is 1. The van der Waals surface area contributed by atoms with Gasteiger partial charge >= 0.3 is 0 Å². The van der Waals surface area contributed by atoms with Crippen LogP contribution in [-0.4, -0.2) is 25.0 Å². The van der Waals surface area contributed by atoms with E-state index in [1.165, 1.54) is 22.4 Å². The van der Waals surface area contributed by atoms with Crippen LogP contribution in [0.5, 0.6) is 0 Å². The first-order chi connectivity index (χ1) is 9.74. The van der Waals surface area contributed by atoms with Crippen molar-refractivity contribution in [1.29, 1.82) is 0 Å². The fraction of sp³-hybridized carbons (Fsp3) is 0.222. The summed E-state index contributed by atoms with van der Waals surface area (Å²) in [5, 5.41) is 0. The summed E-state index contributed by atoms with van der Waals surface area (Å²) < 4.78 is 0. The predicted octanol–water partition coefficient (Wildman–Crippen LogP) is 3.64. The Balaban J connectivity index is 1.75. The van der Waals surface area contributed by atoms with Crippen LogP contribution < -0.4 is 4.90 Å². The molecule has 0 saturated carbocycles. The zero-order valence-electron chi connectivity index (χ0n) is 12.1. The molecule has 0 spiro atoms. The molecule has 0 fully saturated rings. The third-order valence-corrected chi connectivity index (χ3v) is 3.81. The molecule has 0 N–H and O–H groups in total. The summed E-state index contributed by atoms with van der Waals surface area (Å²) in [4.78, 5) is 4.47. The second kappa shape index (κ2) is 5.41. The number of allylic oxidation sites excluding steroid dienone is 4. The van der Waals surface area contributed by atoms with Crippen molar-refractivity contribution >= 4 is 5.69 Å². The van der Waals surface area contributed by atoms with Gasteiger partial charge in [-0.05, 0) is 48.1 Å². The average molecular weight is 264 g/mol. The lowest BCUT2D eigenvalue weighted by molar-refractivity contribution is 0.503. The predicted molar refractivity (Wildman–Crippen MR) is 85.6 cm³/mol. The van der Waals surface area contributed by atoms with Crippen LogP contribution in [0.3, 0.4) is 0 Å². The minimum Gasteiger partial charge on any atom is -0.377 e. The zero-order valence-corrected chi connectivity index (χ0v) is 12.1. The third kappa shape index (κ3) is 2.55. The Morgan fingerprint density at radius 2 is 1.60 bits per heavy atom. The Bertz CT molecular complexity index is 620. The van der Waals surface area contributed by atoms with Crippen molar-refractivity contribution in [3.05, 3.63) is 77.7 Å². The van der Waals surface area contributed by atoms with E-state index >= 15 is 0 Å². The van der Waals surface area contributed by atoms with Gasteiger partial charge in [-0.15, -0.1) is 0 Å². The van der Waals surface area contributed by atoms with E-state index in [-0.39, 0.29) is 0 Å². The molecule has 1 aromatic carbocycles. The third-order valence-electron chi connectivity index (χ3n) is 3.81. The SMILES string of the molecule is Cc1ccccc1N1C=CC(C2=CCN(C)C=C2)=CC1. The number of rotatable bonds is 2. The van der Waals surface area contributed by atoms with Crippen LogP contribution >= 0.6 is 0 Å². The molecule has 0 aromatic heterocycles. The first kappa shape index (κ1) is 12.8. The number of nitrogens with zero attached hydrogens (tertiary/aromatic N) is 2. The lowest BCUT2D eigenvalue weighted by Crippen LogP contribution is -2.20. The molecule has 0 atom stereocenters. The number of benzene rings is 1. The van der Waals surface area contributed by atoms with Gasteiger partial charge in [-0.3, -0.25) is 0 Å². The molecular formula is C18H20N2. The Hall–Kier alpha value is -2.22. The molecule has 2 aliphatic heterocycles. The summed E-state index contributed by atoms with van der Waals surface area (Å²) in [6, 6.07) is 8.51. The lowest BCUT2D eigenvalue weighted by atomic mass is 10.0. The molecule has 20 heavy (non-hydrogen) atoms. The van der Waals surface area contributed by atoms with Crippen LogP contribution in [0.2, 0.25) is 0 Å². The van der Waals surface area contributed by atoms with Gasteiger partial charge in [0.05, 0.1) is 0 Å². The molecule has 2 nitrogen and oxygen atoms in total. The van der Waals surface area contributed by atoms with E-state index in [9.17, 15) is 0 Å². The van der Waals surface area contributed by atoms with Gasteiger partial charge in [0, 0.05) is 32.0 Å². The summed E-state index contributed by atoms with van der Waals surface area (Å²) in [6.07, 6.45) is 13.3. The number of aryl methyl sites for hydroxylation is 1. The quantitative estimate of drug-likeness (QED) is 0.804. The van der Waals surface area contributed by atoms with E-state index in [0.29, 0.717) is 0 Å². The van der Waals surface area contributed by atoms with E-state index in [4.69, 9.17) is 0 Å². The fourth-order valence-electron chi connectivity index (χ4n) is 2.57. The summed E-state index contributed by atoms with van der Waals surface area (Å²) in [6.45, 7) is 4.07. The summed E-state index contributed by atoms with van der Waals surface area (Å²) >= 11 is 0. The largest absolute Gasteiger partial charge is 0.377 e. The Kier molecular flexibility index (Phi) is 3.46. The second-order valence-corrected chi connectivity index (χ2v) is 5.33. The minimum absolute atomic E-state index is 0.928. The lowest BCUT2D eigenvalue weighted by Gasteiger charge is -2.25. The molecule has 0 aliphatic carbocycles. The smallest absolute Gasteiger partial charge is 0.0438 e. The topological polar surface area (TPSA) is 6.48 Å². The second-order valence-electron chi connectivity index (χ2n) is 5.33. The Morgan fingerprint density at radius 3 is 2.20 bits per heavy atom. The van der Waals surface area contributed by atoms with Crippen LogP contribution in [0.4, 0.5) is 5.69 Å². The molecule has 1 aromatic rings. The van der Waals surface area contributed by atoms with Gasteiger partial charge < -0.3 is 9.80 Å². The van der Waals surface area contributed by atoms with Gasteiger partial charge in [0.15, 0.2) is 0 Å². The maximum absolute atomic E-state index is 2.30. The highest BCUT2D eigenvalue weighted by Gasteiger charge is 2.11. The van der Waals surface area contributed by atoms with Gasteiger partial charge in [-0.1, -0.05) is 30.4 Å². The first-order valence-corrected chi connectivity index (χ1v) is 7.03. The molecule has 2 heteroatoms. The minimum atomic E-state index is 0.928. The van der Waals surface area contributed by atoms with Crippen LogP contribution in [0.25, 0.3) is 0 Å². The molecule has 0 bridgehead atoms. The molecule has 102 valence electrons. The molecular weight excluding hydrogens is 244 g/mol. The van der Waals surface area contributed by atoms with Crippen LogP contribution in [0.1, 0.15) is 5.56 Å². The zero-order chi connectivity index (χ0) is 13.9. The first-order valence-electron chi connectivity index (χ1n) is 7.03. The Labute approximate surface area is 121 Å². The van der Waals surface area contributed by atoms with E-state index in [2.05, 4.69) is 84.7 Å². The fourth-order valence-corrected chi connectivity index (χ4v) is 2.57. The van der Waals surface area contributed by atoms with Crippen molar-refractivity contribution in [2.24, 2.45) is 0 Å². The molecule has 2 aliphatic rings. The highest BCUT2D eigenvalue weighted by Crippen LogP contribution is 2.25. The van der Waals surface area contributed by atoms with Crippen molar-refractivity contribution in [3.8, 4) is 0 Å². The van der Waals surface area contributed by atoms with Gasteiger partial charge in [-0.25, -0.2) is 0 Å². The van der Waals surface area contributed by atoms with Gasteiger partial charge in [0.25, 0.3) is 0 Å². The van der Waals surface area contributed by atoms with E-state index < -0.39 is 0 Å². The van der Waals surface area contributed by atoms with Crippen LogP contribution in [0.15, 0.2) is 72.1 Å². The van der Waals surface area contributed by atoms with Crippen molar-refractivity contribution in [2.45, 2.75) is 6.92 Å². The molecule has 0 amide bonds. The van der Waals surface area contributed by atoms with Crippen molar-refractivity contribution < 1.29 is 0 Å². The van der Waals surface area contributed by atoms with Crippen molar-refractivity contribution in [2.75, 3.05) is 25.0 Å². The standard InChI is InChI=1S/C18H20N2/c1-15-5-3-4-6-18(15)20-13-9-17(10-14-20)16-7-11-19(2)12-8-16/h3-11,13H,12,14H2,1-2H3. The van der Waals surface area contributed by atoms with Crippen molar-refractivity contribution in [1.82, 2.24) is 4.90 Å². The number of anilines is 1. The molecule has 0 unspecified atom stereocenters.